The lowest BCUT2D eigenvalue weighted by molar-refractivity contribution is -0.142. The van der Waals surface area contributed by atoms with Crippen molar-refractivity contribution < 1.29 is 27.8 Å². The number of carboxylic acids is 1. The van der Waals surface area contributed by atoms with E-state index in [0.717, 1.165) is 12.8 Å². The van der Waals surface area contributed by atoms with Gasteiger partial charge in [-0.2, -0.15) is 0 Å². The third-order valence-electron chi connectivity index (χ3n) is 6.04. The molecule has 1 unspecified atom stereocenters. The van der Waals surface area contributed by atoms with Crippen molar-refractivity contribution in [2.75, 3.05) is 13.7 Å². The van der Waals surface area contributed by atoms with E-state index >= 15 is 0 Å². The molecule has 0 aromatic heterocycles. The quantitative estimate of drug-likeness (QED) is 0.300. The van der Waals surface area contributed by atoms with Crippen molar-refractivity contribution >= 4 is 15.8 Å². The Bertz CT molecular complexity index is 1150. The summed E-state index contributed by atoms with van der Waals surface area (Å²) in [6.45, 7) is 0.111. The fourth-order valence-electron chi connectivity index (χ4n) is 4.12. The summed E-state index contributed by atoms with van der Waals surface area (Å²) >= 11 is 0. The van der Waals surface area contributed by atoms with Crippen LogP contribution >= 0.6 is 0 Å². The van der Waals surface area contributed by atoms with E-state index in [9.17, 15) is 18.3 Å². The molecule has 0 heterocycles. The van der Waals surface area contributed by atoms with Gasteiger partial charge in [-0.25, -0.2) is 8.42 Å². The van der Waals surface area contributed by atoms with Gasteiger partial charge in [0.2, 0.25) is 0 Å². The Morgan fingerprint density at radius 3 is 2.06 bits per heavy atom. The maximum Gasteiger partial charge on any atom is 0.307 e. The van der Waals surface area contributed by atoms with Crippen molar-refractivity contribution in [3.05, 3.63) is 90.5 Å². The Morgan fingerprint density at radius 1 is 0.829 bits per heavy atom. The highest BCUT2D eigenvalue weighted by atomic mass is 32.2. The Hall–Kier alpha value is -3.32. The molecule has 0 aliphatic carbocycles. The maximum absolute atomic E-state index is 13.6. The number of rotatable bonds is 14. The van der Waals surface area contributed by atoms with Crippen LogP contribution in [-0.2, 0) is 21.1 Å². The van der Waals surface area contributed by atoms with Crippen LogP contribution in [0, 0.1) is 5.92 Å². The Labute approximate surface area is 207 Å². The largest absolute Gasteiger partial charge is 0.497 e. The molecule has 7 heteroatoms. The second-order valence-corrected chi connectivity index (χ2v) is 10.6. The monoisotopic (exact) mass is 496 g/mol. The lowest BCUT2D eigenvalue weighted by Crippen LogP contribution is -2.36. The zero-order chi connectivity index (χ0) is 25.1. The van der Waals surface area contributed by atoms with E-state index in [-0.39, 0.29) is 24.3 Å². The van der Waals surface area contributed by atoms with Gasteiger partial charge in [0, 0.05) is 0 Å². The molecule has 0 spiro atoms. The minimum Gasteiger partial charge on any atom is -0.497 e. The van der Waals surface area contributed by atoms with Crippen molar-refractivity contribution in [2.45, 2.75) is 42.2 Å². The predicted octanol–water partition coefficient (Wildman–Crippen LogP) is 5.42. The molecule has 0 radical (unpaired) electrons. The van der Waals surface area contributed by atoms with E-state index in [4.69, 9.17) is 9.47 Å². The first kappa shape index (κ1) is 26.3. The average Bonchev–Trinajstić information content (AvgIpc) is 2.88. The minimum atomic E-state index is -3.90. The first-order chi connectivity index (χ1) is 16.9. The van der Waals surface area contributed by atoms with Crippen LogP contribution in [0.5, 0.6) is 11.5 Å². The normalized spacial score (nSPS) is 13.1. The van der Waals surface area contributed by atoms with Crippen LogP contribution in [0.3, 0.4) is 0 Å². The molecule has 0 bridgehead atoms. The van der Waals surface area contributed by atoms with Gasteiger partial charge in [-0.15, -0.1) is 0 Å². The van der Waals surface area contributed by atoms with E-state index in [0.29, 0.717) is 17.9 Å². The summed E-state index contributed by atoms with van der Waals surface area (Å²) in [6, 6.07) is 25.2. The van der Waals surface area contributed by atoms with Crippen molar-refractivity contribution in [2.24, 2.45) is 5.92 Å². The molecular weight excluding hydrogens is 464 g/mol. The van der Waals surface area contributed by atoms with Gasteiger partial charge in [0.25, 0.3) is 0 Å². The number of hydrogen-bond donors (Lipinski definition) is 1. The summed E-state index contributed by atoms with van der Waals surface area (Å²) in [5.74, 6) is -1.07. The van der Waals surface area contributed by atoms with Crippen LogP contribution in [0.4, 0.5) is 0 Å². The first-order valence-electron chi connectivity index (χ1n) is 11.7. The number of aliphatic carboxylic acids is 1. The summed E-state index contributed by atoms with van der Waals surface area (Å²) < 4.78 is 38.1. The molecule has 35 heavy (non-hydrogen) atoms. The number of hydrogen-bond acceptors (Lipinski definition) is 5. The topological polar surface area (TPSA) is 89.9 Å². The summed E-state index contributed by atoms with van der Waals surface area (Å²) in [5.41, 5.74) is 1.17. The lowest BCUT2D eigenvalue weighted by atomic mass is 9.96. The number of para-hydroxylation sites is 1. The molecule has 0 fully saturated rings. The second-order valence-electron chi connectivity index (χ2n) is 8.39. The van der Waals surface area contributed by atoms with Crippen molar-refractivity contribution in [3.8, 4) is 11.5 Å². The number of aryl methyl sites for hydroxylation is 1. The van der Waals surface area contributed by atoms with Gasteiger partial charge in [-0.05, 0) is 67.6 Å². The van der Waals surface area contributed by atoms with Crippen LogP contribution in [0.25, 0.3) is 0 Å². The molecule has 3 rings (SSSR count). The van der Waals surface area contributed by atoms with E-state index in [1.165, 1.54) is 24.8 Å². The van der Waals surface area contributed by atoms with Crippen LogP contribution in [-0.4, -0.2) is 38.5 Å². The standard InChI is InChI=1S/C28H32O6S/c1-33-23-16-18-25(19-17-23)35(31,32)27(15-9-8-12-22-10-4-2-5-11-22)26(28(29)30)20-21-34-24-13-6-3-7-14-24/h2-7,10-11,13-14,16-19,26-27H,8-9,12,15,20-21H2,1H3,(H,29,30)/t26?,27-/m1/s1. The van der Waals surface area contributed by atoms with Gasteiger partial charge < -0.3 is 14.6 Å². The zero-order valence-corrected chi connectivity index (χ0v) is 20.7. The summed E-state index contributed by atoms with van der Waals surface area (Å²) in [4.78, 5) is 12.4. The minimum absolute atomic E-state index is 0.0863. The van der Waals surface area contributed by atoms with Crippen molar-refractivity contribution in [1.29, 1.82) is 0 Å². The highest BCUT2D eigenvalue weighted by Gasteiger charge is 2.38. The number of ether oxygens (including phenoxy) is 2. The Balaban J connectivity index is 1.77. The highest BCUT2D eigenvalue weighted by Crippen LogP contribution is 2.30. The second kappa shape index (κ2) is 13.0. The molecular formula is C28H32O6S. The van der Waals surface area contributed by atoms with Crippen LogP contribution in [0.15, 0.2) is 89.8 Å². The van der Waals surface area contributed by atoms with Gasteiger partial charge in [0.15, 0.2) is 9.84 Å². The van der Waals surface area contributed by atoms with Crippen LogP contribution in [0.2, 0.25) is 0 Å². The smallest absolute Gasteiger partial charge is 0.307 e. The number of benzene rings is 3. The number of unbranched alkanes of at least 4 members (excludes halogenated alkanes) is 1. The van der Waals surface area contributed by atoms with E-state index < -0.39 is 27.0 Å². The highest BCUT2D eigenvalue weighted by molar-refractivity contribution is 7.92. The molecule has 0 aliphatic heterocycles. The number of methoxy groups -OCH3 is 1. The molecule has 0 saturated carbocycles. The van der Waals surface area contributed by atoms with Gasteiger partial charge in [-0.1, -0.05) is 55.0 Å². The average molecular weight is 497 g/mol. The molecule has 2 atom stereocenters. The van der Waals surface area contributed by atoms with Crippen molar-refractivity contribution in [1.82, 2.24) is 0 Å². The molecule has 0 saturated heterocycles. The van der Waals surface area contributed by atoms with E-state index in [1.54, 1.807) is 24.3 Å². The zero-order valence-electron chi connectivity index (χ0n) is 19.9. The summed E-state index contributed by atoms with van der Waals surface area (Å²) in [7, 11) is -2.40. The molecule has 3 aromatic carbocycles. The van der Waals surface area contributed by atoms with Crippen LogP contribution in [0.1, 0.15) is 31.2 Å². The van der Waals surface area contributed by atoms with E-state index in [1.807, 2.05) is 48.5 Å². The van der Waals surface area contributed by atoms with Gasteiger partial charge >= 0.3 is 5.97 Å². The van der Waals surface area contributed by atoms with Gasteiger partial charge in [0.1, 0.15) is 11.5 Å². The maximum atomic E-state index is 13.6. The van der Waals surface area contributed by atoms with Gasteiger partial charge in [-0.3, -0.25) is 4.79 Å². The Morgan fingerprint density at radius 2 is 1.46 bits per heavy atom. The number of carboxylic acid groups (broad SMARTS) is 1. The summed E-state index contributed by atoms with van der Waals surface area (Å²) in [5, 5.41) is 8.96. The fraction of sp³-hybridized carbons (Fsp3) is 0.321. The predicted molar refractivity (Wildman–Crippen MR) is 136 cm³/mol. The molecule has 186 valence electrons. The molecule has 0 amide bonds. The summed E-state index contributed by atoms with van der Waals surface area (Å²) in [6.07, 6.45) is 2.52. The first-order valence-corrected chi connectivity index (χ1v) is 13.3. The fourth-order valence-corrected chi connectivity index (χ4v) is 6.15. The lowest BCUT2D eigenvalue weighted by Gasteiger charge is -2.24. The third-order valence-corrected chi connectivity index (χ3v) is 8.33. The molecule has 1 N–H and O–H groups in total. The SMILES string of the molecule is COc1ccc(S(=O)(=O)[C@H](CCCCc2ccccc2)C(CCOc2ccccc2)C(=O)O)cc1. The molecule has 6 nitrogen and oxygen atoms in total. The van der Waals surface area contributed by atoms with Crippen LogP contribution < -0.4 is 9.47 Å². The number of carbonyl (C=O) groups is 1. The van der Waals surface area contributed by atoms with Crippen molar-refractivity contribution in [3.63, 3.8) is 0 Å². The van der Waals surface area contributed by atoms with E-state index in [2.05, 4.69) is 0 Å². The molecule has 0 aliphatic rings. The molecule has 3 aromatic rings. The Kier molecular flexibility index (Phi) is 9.73. The third kappa shape index (κ3) is 7.59. The van der Waals surface area contributed by atoms with Gasteiger partial charge in [0.05, 0.1) is 29.8 Å². The number of sulfone groups is 1.